The molecule has 0 bridgehead atoms. The van der Waals surface area contributed by atoms with E-state index in [0.717, 1.165) is 0 Å². The standard InChI is InChI=1S/C9H9N3O4S/c10-17(15,16)12-6-3-1-2-5-4-7(9(13)14)11-8(5)6/h1-4,11-12H,(H,13,14)(H2,10,15,16). The van der Waals surface area contributed by atoms with Gasteiger partial charge in [0.2, 0.25) is 0 Å². The number of aromatic amines is 1. The molecule has 8 heteroatoms. The molecular formula is C9H9N3O4S. The second-order valence-electron chi connectivity index (χ2n) is 3.41. The molecule has 5 N–H and O–H groups in total. The number of aromatic nitrogens is 1. The van der Waals surface area contributed by atoms with Gasteiger partial charge < -0.3 is 10.1 Å². The van der Waals surface area contributed by atoms with Gasteiger partial charge in [0.15, 0.2) is 0 Å². The maximum Gasteiger partial charge on any atom is 0.352 e. The van der Waals surface area contributed by atoms with Crippen molar-refractivity contribution in [1.82, 2.24) is 4.98 Å². The molecule has 1 aromatic heterocycles. The first-order chi connectivity index (χ1) is 7.87. The number of benzene rings is 1. The van der Waals surface area contributed by atoms with Crippen molar-refractivity contribution >= 4 is 32.8 Å². The summed E-state index contributed by atoms with van der Waals surface area (Å²) in [6, 6.07) is 6.14. The van der Waals surface area contributed by atoms with Crippen molar-refractivity contribution in [2.24, 2.45) is 5.14 Å². The molecule has 0 aliphatic heterocycles. The summed E-state index contributed by atoms with van der Waals surface area (Å²) >= 11 is 0. The summed E-state index contributed by atoms with van der Waals surface area (Å²) in [7, 11) is -3.90. The van der Waals surface area contributed by atoms with Gasteiger partial charge in [-0.25, -0.2) is 9.93 Å². The van der Waals surface area contributed by atoms with Gasteiger partial charge in [-0.3, -0.25) is 4.72 Å². The molecule has 0 atom stereocenters. The van der Waals surface area contributed by atoms with Crippen LogP contribution in [0.4, 0.5) is 5.69 Å². The summed E-state index contributed by atoms with van der Waals surface area (Å²) in [6.07, 6.45) is 0. The van der Waals surface area contributed by atoms with Crippen LogP contribution < -0.4 is 9.86 Å². The first-order valence-electron chi connectivity index (χ1n) is 4.52. The average Bonchev–Trinajstić information content (AvgIpc) is 2.60. The highest BCUT2D eigenvalue weighted by Gasteiger charge is 2.12. The third-order valence-corrected chi connectivity index (χ3v) is 2.64. The zero-order valence-corrected chi connectivity index (χ0v) is 9.28. The minimum Gasteiger partial charge on any atom is -0.477 e. The normalized spacial score (nSPS) is 11.6. The number of hydrogen-bond donors (Lipinski definition) is 4. The van der Waals surface area contributed by atoms with Crippen LogP contribution in [0.1, 0.15) is 10.5 Å². The van der Waals surface area contributed by atoms with Gasteiger partial charge >= 0.3 is 5.97 Å². The van der Waals surface area contributed by atoms with Crippen molar-refractivity contribution in [2.75, 3.05) is 4.72 Å². The molecule has 17 heavy (non-hydrogen) atoms. The van der Waals surface area contributed by atoms with Gasteiger partial charge in [0.25, 0.3) is 10.2 Å². The van der Waals surface area contributed by atoms with E-state index in [2.05, 4.69) is 9.71 Å². The SMILES string of the molecule is NS(=O)(=O)Nc1cccc2cc(C(=O)O)[nH]c12. The first kappa shape index (κ1) is 11.4. The average molecular weight is 255 g/mol. The smallest absolute Gasteiger partial charge is 0.352 e. The highest BCUT2D eigenvalue weighted by Crippen LogP contribution is 2.24. The highest BCUT2D eigenvalue weighted by atomic mass is 32.2. The molecule has 0 aliphatic carbocycles. The van der Waals surface area contributed by atoms with Crippen molar-refractivity contribution in [3.8, 4) is 0 Å². The van der Waals surface area contributed by atoms with Gasteiger partial charge in [0, 0.05) is 5.39 Å². The molecule has 7 nitrogen and oxygen atoms in total. The van der Waals surface area contributed by atoms with E-state index in [1.54, 1.807) is 12.1 Å². The number of H-pyrrole nitrogens is 1. The summed E-state index contributed by atoms with van der Waals surface area (Å²) in [4.78, 5) is 13.4. The first-order valence-corrected chi connectivity index (χ1v) is 6.07. The number of carboxylic acid groups (broad SMARTS) is 1. The molecule has 0 fully saturated rings. The predicted octanol–water partition coefficient (Wildman–Crippen LogP) is 0.481. The van der Waals surface area contributed by atoms with Crippen LogP contribution in [0, 0.1) is 0 Å². The quantitative estimate of drug-likeness (QED) is 0.636. The molecule has 0 unspecified atom stereocenters. The summed E-state index contributed by atoms with van der Waals surface area (Å²) in [6.45, 7) is 0. The number of aromatic carboxylic acids is 1. The van der Waals surface area contributed by atoms with Gasteiger partial charge in [0.05, 0.1) is 11.2 Å². The number of nitrogens with one attached hydrogen (secondary N) is 2. The topological polar surface area (TPSA) is 125 Å². The van der Waals surface area contributed by atoms with Gasteiger partial charge in [-0.1, -0.05) is 12.1 Å². The molecule has 2 aromatic rings. The zero-order valence-electron chi connectivity index (χ0n) is 8.47. The molecule has 90 valence electrons. The molecule has 0 radical (unpaired) electrons. The largest absolute Gasteiger partial charge is 0.477 e. The number of nitrogens with two attached hydrogens (primary N) is 1. The Balaban J connectivity index is 2.61. The van der Waals surface area contributed by atoms with Crippen molar-refractivity contribution in [1.29, 1.82) is 0 Å². The van der Waals surface area contributed by atoms with Crippen molar-refractivity contribution in [3.63, 3.8) is 0 Å². The zero-order chi connectivity index (χ0) is 12.6. The lowest BCUT2D eigenvalue weighted by Gasteiger charge is -2.04. The molecule has 1 heterocycles. The van der Waals surface area contributed by atoms with Crippen molar-refractivity contribution < 1.29 is 18.3 Å². The van der Waals surface area contributed by atoms with E-state index >= 15 is 0 Å². The summed E-state index contributed by atoms with van der Waals surface area (Å²) in [5, 5.41) is 14.3. The number of rotatable bonds is 3. The minimum atomic E-state index is -3.90. The van der Waals surface area contributed by atoms with Gasteiger partial charge in [-0.05, 0) is 12.1 Å². The summed E-state index contributed by atoms with van der Waals surface area (Å²) in [5.74, 6) is -1.12. The molecular weight excluding hydrogens is 246 g/mol. The van der Waals surface area contributed by atoms with Gasteiger partial charge in [-0.15, -0.1) is 0 Å². The monoisotopic (exact) mass is 255 g/mol. The Morgan fingerprint density at radius 1 is 1.41 bits per heavy atom. The number of anilines is 1. The summed E-state index contributed by atoms with van der Waals surface area (Å²) < 4.78 is 23.9. The van der Waals surface area contributed by atoms with Crippen molar-refractivity contribution in [2.45, 2.75) is 0 Å². The van der Waals surface area contributed by atoms with Crippen LogP contribution in [-0.2, 0) is 10.2 Å². The predicted molar refractivity (Wildman–Crippen MR) is 62.0 cm³/mol. The molecule has 0 spiro atoms. The van der Waals surface area contributed by atoms with Crippen LogP contribution in [0.5, 0.6) is 0 Å². The van der Waals surface area contributed by atoms with E-state index in [1.807, 2.05) is 0 Å². The fraction of sp³-hybridized carbons (Fsp3) is 0. The molecule has 0 aliphatic rings. The molecule has 1 aromatic carbocycles. The lowest BCUT2D eigenvalue weighted by molar-refractivity contribution is 0.0691. The van der Waals surface area contributed by atoms with Gasteiger partial charge in [-0.2, -0.15) is 8.42 Å². The van der Waals surface area contributed by atoms with E-state index in [4.69, 9.17) is 10.2 Å². The number of hydrogen-bond acceptors (Lipinski definition) is 3. The molecule has 2 rings (SSSR count). The van der Waals surface area contributed by atoms with E-state index in [9.17, 15) is 13.2 Å². The van der Waals surface area contributed by atoms with E-state index in [1.165, 1.54) is 12.1 Å². The second-order valence-corrected chi connectivity index (χ2v) is 4.70. The maximum absolute atomic E-state index is 10.9. The highest BCUT2D eigenvalue weighted by molar-refractivity contribution is 7.90. The van der Waals surface area contributed by atoms with Crippen LogP contribution in [0.3, 0.4) is 0 Å². The Hall–Kier alpha value is -2.06. The third-order valence-electron chi connectivity index (χ3n) is 2.14. The second kappa shape index (κ2) is 3.75. The Morgan fingerprint density at radius 3 is 2.71 bits per heavy atom. The van der Waals surface area contributed by atoms with Crippen LogP contribution in [-0.4, -0.2) is 24.5 Å². The summed E-state index contributed by atoms with van der Waals surface area (Å²) in [5.41, 5.74) is 0.556. The van der Waals surface area contributed by atoms with Crippen LogP contribution >= 0.6 is 0 Å². The molecule has 0 saturated carbocycles. The lowest BCUT2D eigenvalue weighted by atomic mass is 10.2. The molecule has 0 saturated heterocycles. The number of para-hydroxylation sites is 1. The number of carboxylic acids is 1. The van der Waals surface area contributed by atoms with Crippen molar-refractivity contribution in [3.05, 3.63) is 30.0 Å². The number of fused-ring (bicyclic) bond motifs is 1. The Morgan fingerprint density at radius 2 is 2.12 bits per heavy atom. The fourth-order valence-corrected chi connectivity index (χ4v) is 1.99. The Labute approximate surface area is 96.4 Å². The van der Waals surface area contributed by atoms with Crippen LogP contribution in [0.2, 0.25) is 0 Å². The third kappa shape index (κ3) is 2.37. The lowest BCUT2D eigenvalue weighted by Crippen LogP contribution is -2.21. The molecule has 0 amide bonds. The van der Waals surface area contributed by atoms with Crippen LogP contribution in [0.25, 0.3) is 10.9 Å². The fourth-order valence-electron chi connectivity index (χ4n) is 1.51. The Bertz CT molecular complexity index is 689. The Kier molecular flexibility index (Phi) is 2.52. The van der Waals surface area contributed by atoms with E-state index in [-0.39, 0.29) is 11.4 Å². The van der Waals surface area contributed by atoms with Crippen LogP contribution in [0.15, 0.2) is 24.3 Å². The van der Waals surface area contributed by atoms with E-state index in [0.29, 0.717) is 10.9 Å². The number of carbonyl (C=O) groups is 1. The maximum atomic E-state index is 10.9. The van der Waals surface area contributed by atoms with E-state index < -0.39 is 16.2 Å². The van der Waals surface area contributed by atoms with Gasteiger partial charge in [0.1, 0.15) is 5.69 Å². The minimum absolute atomic E-state index is 0.0244.